The van der Waals surface area contributed by atoms with Crippen molar-refractivity contribution in [3.8, 4) is 11.3 Å². The number of alkyl halides is 2. The molecule has 0 aliphatic rings. The molecule has 0 aliphatic heterocycles. The minimum Gasteiger partial charge on any atom is -0.383 e. The molecule has 1 amide bonds. The van der Waals surface area contributed by atoms with E-state index in [-0.39, 0.29) is 41.8 Å². The highest BCUT2D eigenvalue weighted by Crippen LogP contribution is 2.43. The summed E-state index contributed by atoms with van der Waals surface area (Å²) in [5, 5.41) is 7.90. The van der Waals surface area contributed by atoms with E-state index in [1.807, 2.05) is 13.8 Å². The van der Waals surface area contributed by atoms with Gasteiger partial charge in [-0.05, 0) is 19.4 Å². The highest BCUT2D eigenvalue weighted by atomic mass is 19.3. The topological polar surface area (TPSA) is 130 Å². The van der Waals surface area contributed by atoms with Gasteiger partial charge < -0.3 is 16.0 Å². The van der Waals surface area contributed by atoms with Crippen molar-refractivity contribution in [2.45, 2.75) is 59.4 Å². The van der Waals surface area contributed by atoms with E-state index >= 15 is 0 Å². The third kappa shape index (κ3) is 4.85. The molecule has 182 valence electrons. The van der Waals surface area contributed by atoms with Gasteiger partial charge in [-0.2, -0.15) is 13.9 Å². The van der Waals surface area contributed by atoms with E-state index < -0.39 is 22.9 Å². The van der Waals surface area contributed by atoms with E-state index in [1.54, 1.807) is 24.3 Å². The minimum atomic E-state index is -3.19. The first-order valence-corrected chi connectivity index (χ1v) is 10.8. The average Bonchev–Trinajstić information content (AvgIpc) is 3.32. The first-order valence-electron chi connectivity index (χ1n) is 10.8. The molecular formula is C24H29F2N5O3. The Hall–Kier alpha value is -3.56. The second-order valence-electron chi connectivity index (χ2n) is 9.60. The number of nitrogens with zero attached hydrogens (tertiary/aromatic N) is 3. The third-order valence-corrected chi connectivity index (χ3v) is 5.51. The van der Waals surface area contributed by atoms with Crippen molar-refractivity contribution in [2.24, 2.45) is 11.1 Å². The van der Waals surface area contributed by atoms with Crippen LogP contribution < -0.4 is 11.5 Å². The Balaban J connectivity index is 1.74. The van der Waals surface area contributed by atoms with Crippen molar-refractivity contribution in [1.82, 2.24) is 14.9 Å². The number of anilines is 1. The lowest BCUT2D eigenvalue weighted by Crippen LogP contribution is -2.31. The van der Waals surface area contributed by atoms with Crippen molar-refractivity contribution in [3.05, 3.63) is 52.9 Å². The number of primary amides is 1. The standard InChI is InChI=1S/C24H29F2N5O3/c1-13(2)31-21(27)19(22(28)33)20(29-31)15-8-6-14(7-9-15)10-16(32)11-17-12-18(30-34-17)24(25,26)23(3,4)5/h6-9,12-13H,10-11,27H2,1-5H3,(H2,28,33). The predicted octanol–water partition coefficient (Wildman–Crippen LogP) is 4.29. The number of nitrogen functional groups attached to an aromatic ring is 1. The number of hydrogen-bond donors (Lipinski definition) is 2. The molecule has 0 saturated carbocycles. The molecule has 0 unspecified atom stereocenters. The van der Waals surface area contributed by atoms with Gasteiger partial charge in [0.05, 0.1) is 6.42 Å². The highest BCUT2D eigenvalue weighted by Gasteiger charge is 2.47. The second-order valence-corrected chi connectivity index (χ2v) is 9.60. The van der Waals surface area contributed by atoms with E-state index in [0.717, 1.165) is 6.07 Å². The van der Waals surface area contributed by atoms with E-state index in [2.05, 4.69) is 10.3 Å². The van der Waals surface area contributed by atoms with Crippen molar-refractivity contribution in [3.63, 3.8) is 0 Å². The van der Waals surface area contributed by atoms with E-state index in [1.165, 1.54) is 25.5 Å². The number of rotatable bonds is 8. The zero-order chi connectivity index (χ0) is 25.4. The molecule has 0 aliphatic carbocycles. The van der Waals surface area contributed by atoms with Crippen molar-refractivity contribution in [2.75, 3.05) is 5.73 Å². The van der Waals surface area contributed by atoms with Gasteiger partial charge in [-0.25, -0.2) is 4.68 Å². The molecule has 0 spiro atoms. The second kappa shape index (κ2) is 9.00. The SMILES string of the molecule is CC(C)n1nc(-c2ccc(CC(=O)Cc3cc(C(F)(F)C(C)(C)C)no3)cc2)c(C(N)=O)c1N. The summed E-state index contributed by atoms with van der Waals surface area (Å²) < 4.78 is 35.4. The van der Waals surface area contributed by atoms with Crippen LogP contribution >= 0.6 is 0 Å². The maximum atomic E-state index is 14.4. The molecular weight excluding hydrogens is 444 g/mol. The first kappa shape index (κ1) is 25.1. The number of hydrogen-bond acceptors (Lipinski definition) is 6. The summed E-state index contributed by atoms with van der Waals surface area (Å²) in [6, 6.07) is 7.96. The lowest BCUT2D eigenvalue weighted by Gasteiger charge is -2.28. The van der Waals surface area contributed by atoms with E-state index in [4.69, 9.17) is 16.0 Å². The maximum absolute atomic E-state index is 14.4. The summed E-state index contributed by atoms with van der Waals surface area (Å²) in [4.78, 5) is 24.4. The molecule has 0 radical (unpaired) electrons. The Morgan fingerprint density at radius 1 is 1.12 bits per heavy atom. The first-order chi connectivity index (χ1) is 15.7. The molecule has 10 heteroatoms. The number of aromatic nitrogens is 3. The summed E-state index contributed by atoms with van der Waals surface area (Å²) >= 11 is 0. The van der Waals surface area contributed by atoms with Crippen molar-refractivity contribution >= 4 is 17.5 Å². The molecule has 0 atom stereocenters. The Kier molecular flexibility index (Phi) is 6.64. The van der Waals surface area contributed by atoms with Gasteiger partial charge in [0.2, 0.25) is 0 Å². The maximum Gasteiger partial charge on any atom is 0.297 e. The number of halogens is 2. The van der Waals surface area contributed by atoms with Crippen LogP contribution in [0.1, 0.15) is 68.0 Å². The fourth-order valence-corrected chi connectivity index (χ4v) is 3.48. The Morgan fingerprint density at radius 3 is 2.26 bits per heavy atom. The quantitative estimate of drug-likeness (QED) is 0.502. The molecule has 0 saturated heterocycles. The number of amides is 1. The zero-order valence-electron chi connectivity index (χ0n) is 19.9. The molecule has 3 aromatic rings. The number of benzene rings is 1. The van der Waals surface area contributed by atoms with Crippen LogP contribution in [-0.2, 0) is 23.6 Å². The van der Waals surface area contributed by atoms with Crippen LogP contribution in [0, 0.1) is 5.41 Å². The van der Waals surface area contributed by atoms with Crippen LogP contribution in [0.25, 0.3) is 11.3 Å². The smallest absolute Gasteiger partial charge is 0.297 e. The Labute approximate surface area is 196 Å². The van der Waals surface area contributed by atoms with Crippen LogP contribution in [0.5, 0.6) is 0 Å². The molecule has 34 heavy (non-hydrogen) atoms. The zero-order valence-corrected chi connectivity index (χ0v) is 19.9. The molecule has 3 rings (SSSR count). The van der Waals surface area contributed by atoms with Gasteiger partial charge in [0.25, 0.3) is 11.8 Å². The van der Waals surface area contributed by atoms with Gasteiger partial charge in [0.15, 0.2) is 5.69 Å². The van der Waals surface area contributed by atoms with Crippen LogP contribution in [0.3, 0.4) is 0 Å². The predicted molar refractivity (Wildman–Crippen MR) is 123 cm³/mol. The lowest BCUT2D eigenvalue weighted by atomic mass is 9.86. The number of ketones is 1. The lowest BCUT2D eigenvalue weighted by molar-refractivity contribution is -0.118. The Bertz CT molecular complexity index is 1200. The highest BCUT2D eigenvalue weighted by molar-refractivity contribution is 6.03. The fraction of sp³-hybridized carbons (Fsp3) is 0.417. The molecule has 8 nitrogen and oxygen atoms in total. The summed E-state index contributed by atoms with van der Waals surface area (Å²) in [5.74, 6) is -3.81. The van der Waals surface area contributed by atoms with Crippen molar-refractivity contribution < 1.29 is 22.9 Å². The van der Waals surface area contributed by atoms with Gasteiger partial charge in [-0.15, -0.1) is 0 Å². The normalized spacial score (nSPS) is 12.4. The summed E-state index contributed by atoms with van der Waals surface area (Å²) in [7, 11) is 0. The molecule has 2 aromatic heterocycles. The average molecular weight is 474 g/mol. The summed E-state index contributed by atoms with van der Waals surface area (Å²) in [6.07, 6.45) is -0.0899. The molecule has 1 aromatic carbocycles. The molecule has 0 bridgehead atoms. The van der Waals surface area contributed by atoms with Gasteiger partial charge in [-0.3, -0.25) is 9.59 Å². The largest absolute Gasteiger partial charge is 0.383 e. The fourth-order valence-electron chi connectivity index (χ4n) is 3.48. The van der Waals surface area contributed by atoms with E-state index in [0.29, 0.717) is 16.8 Å². The number of Topliss-reactive ketones (excluding diaryl/α,β-unsaturated/α-hetero) is 1. The summed E-state index contributed by atoms with van der Waals surface area (Å²) in [6.45, 7) is 7.99. The van der Waals surface area contributed by atoms with Gasteiger partial charge in [0, 0.05) is 29.5 Å². The number of carbonyl (C=O) groups excluding carboxylic acids is 2. The Morgan fingerprint density at radius 2 is 1.74 bits per heavy atom. The summed E-state index contributed by atoms with van der Waals surface area (Å²) in [5.41, 5.74) is 11.6. The number of nitrogens with two attached hydrogens (primary N) is 2. The van der Waals surface area contributed by atoms with Crippen LogP contribution in [-0.4, -0.2) is 26.6 Å². The van der Waals surface area contributed by atoms with Gasteiger partial charge in [-0.1, -0.05) is 50.2 Å². The minimum absolute atomic E-state index is 0.0660. The van der Waals surface area contributed by atoms with E-state index in [9.17, 15) is 18.4 Å². The molecule has 0 fully saturated rings. The molecule has 2 heterocycles. The molecule has 4 N–H and O–H groups in total. The third-order valence-electron chi connectivity index (χ3n) is 5.51. The van der Waals surface area contributed by atoms with Gasteiger partial charge in [0.1, 0.15) is 28.6 Å². The van der Waals surface area contributed by atoms with Crippen LogP contribution in [0.4, 0.5) is 14.6 Å². The number of carbonyl (C=O) groups is 2. The van der Waals surface area contributed by atoms with Crippen LogP contribution in [0.15, 0.2) is 34.9 Å². The monoisotopic (exact) mass is 473 g/mol. The van der Waals surface area contributed by atoms with Crippen molar-refractivity contribution in [1.29, 1.82) is 0 Å². The van der Waals surface area contributed by atoms with Crippen LogP contribution in [0.2, 0.25) is 0 Å². The van der Waals surface area contributed by atoms with Gasteiger partial charge >= 0.3 is 0 Å².